The van der Waals surface area contributed by atoms with Crippen molar-refractivity contribution in [1.29, 1.82) is 0 Å². The molecule has 1 amide bonds. The number of para-hydroxylation sites is 1. The van der Waals surface area contributed by atoms with E-state index in [1.165, 1.54) is 13.0 Å². The van der Waals surface area contributed by atoms with E-state index in [2.05, 4.69) is 5.32 Å². The Hall–Kier alpha value is -2.14. The van der Waals surface area contributed by atoms with Gasteiger partial charge >= 0.3 is 5.97 Å². The number of benzene rings is 1. The lowest BCUT2D eigenvalue weighted by Crippen LogP contribution is -2.06. The molecule has 3 N–H and O–H groups in total. The Balaban J connectivity index is 0.000000873. The van der Waals surface area contributed by atoms with Crippen LogP contribution in [0.5, 0.6) is 0 Å². The molecule has 0 heterocycles. The Morgan fingerprint density at radius 2 is 1.89 bits per heavy atom. The van der Waals surface area contributed by atoms with Crippen LogP contribution in [-0.4, -0.2) is 28.7 Å². The largest absolute Gasteiger partial charge is 0.478 e. The molecule has 0 aliphatic heterocycles. The zero-order chi connectivity index (χ0) is 14.0. The first kappa shape index (κ1) is 15.9. The summed E-state index contributed by atoms with van der Waals surface area (Å²) in [6.45, 7) is 3.33. The molecule has 98 valence electrons. The molecule has 0 aliphatic rings. The van der Waals surface area contributed by atoms with Crippen LogP contribution in [0, 0.1) is 0 Å². The van der Waals surface area contributed by atoms with Gasteiger partial charge in [-0.3, -0.25) is 4.79 Å². The van der Waals surface area contributed by atoms with Gasteiger partial charge in [0.15, 0.2) is 0 Å². The minimum Gasteiger partial charge on any atom is -0.478 e. The van der Waals surface area contributed by atoms with Gasteiger partial charge in [0.1, 0.15) is 0 Å². The van der Waals surface area contributed by atoms with Gasteiger partial charge in [-0.1, -0.05) is 18.2 Å². The Morgan fingerprint density at radius 1 is 1.33 bits per heavy atom. The number of aliphatic hydroxyl groups excluding tert-OH is 1. The van der Waals surface area contributed by atoms with Crippen molar-refractivity contribution >= 4 is 23.6 Å². The third-order valence-electron chi connectivity index (χ3n) is 1.68. The van der Waals surface area contributed by atoms with Gasteiger partial charge in [0.2, 0.25) is 5.91 Å². The molecule has 5 heteroatoms. The monoisotopic (exact) mass is 251 g/mol. The first-order valence-corrected chi connectivity index (χ1v) is 5.39. The van der Waals surface area contributed by atoms with E-state index in [-0.39, 0.29) is 12.5 Å². The molecule has 5 nitrogen and oxygen atoms in total. The molecule has 0 aliphatic carbocycles. The van der Waals surface area contributed by atoms with E-state index >= 15 is 0 Å². The van der Waals surface area contributed by atoms with Crippen molar-refractivity contribution in [2.24, 2.45) is 0 Å². The van der Waals surface area contributed by atoms with Gasteiger partial charge in [0.25, 0.3) is 0 Å². The topological polar surface area (TPSA) is 86.6 Å². The second-order valence-electron chi connectivity index (χ2n) is 3.26. The Kier molecular flexibility index (Phi) is 7.89. The summed E-state index contributed by atoms with van der Waals surface area (Å²) in [6, 6.07) is 6.98. The molecule has 0 saturated carbocycles. The van der Waals surface area contributed by atoms with Crippen LogP contribution in [0.2, 0.25) is 0 Å². The Morgan fingerprint density at radius 3 is 2.39 bits per heavy atom. The highest BCUT2D eigenvalue weighted by Crippen LogP contribution is 2.16. The van der Waals surface area contributed by atoms with Gasteiger partial charge in [-0.25, -0.2) is 4.79 Å². The van der Waals surface area contributed by atoms with Crippen molar-refractivity contribution in [3.8, 4) is 0 Å². The number of anilines is 1. The van der Waals surface area contributed by atoms with Crippen molar-refractivity contribution in [3.63, 3.8) is 0 Å². The van der Waals surface area contributed by atoms with Gasteiger partial charge in [-0.15, -0.1) is 0 Å². The summed E-state index contributed by atoms with van der Waals surface area (Å²) < 4.78 is 0. The summed E-state index contributed by atoms with van der Waals surface area (Å²) in [5, 5.41) is 18.7. The van der Waals surface area contributed by atoms with Crippen molar-refractivity contribution in [2.75, 3.05) is 11.9 Å². The summed E-state index contributed by atoms with van der Waals surface area (Å²) in [4.78, 5) is 21.2. The normalized spacial score (nSPS) is 9.50. The lowest BCUT2D eigenvalue weighted by atomic mass is 10.1. The zero-order valence-electron chi connectivity index (χ0n) is 10.4. The van der Waals surface area contributed by atoms with Crippen LogP contribution in [0.3, 0.4) is 0 Å². The summed E-state index contributed by atoms with van der Waals surface area (Å²) in [5.74, 6) is -1.21. The first-order valence-electron chi connectivity index (χ1n) is 5.39. The van der Waals surface area contributed by atoms with E-state index in [0.717, 1.165) is 6.08 Å². The number of nitrogens with one attached hydrogen (secondary N) is 1. The molecule has 0 radical (unpaired) electrons. The lowest BCUT2D eigenvalue weighted by molar-refractivity contribution is -0.131. The molecular formula is C13H17NO4. The molecular weight excluding hydrogens is 234 g/mol. The summed E-state index contributed by atoms with van der Waals surface area (Å²) in [7, 11) is 0. The Bertz CT molecular complexity index is 427. The standard InChI is InChI=1S/C11H11NO3.C2H6O/c1-8(13)12-10-5-3-2-4-9(10)6-7-11(14)15;1-2-3/h2-7H,1H3,(H,12,13)(H,14,15);3H,2H2,1H3. The number of aliphatic hydroxyl groups is 1. The molecule has 18 heavy (non-hydrogen) atoms. The molecule has 1 aromatic rings. The average Bonchev–Trinajstić information content (AvgIpc) is 2.28. The SMILES string of the molecule is CC(=O)Nc1ccccc1C=CC(=O)O.CCO. The zero-order valence-corrected chi connectivity index (χ0v) is 10.4. The number of hydrogen-bond donors (Lipinski definition) is 3. The smallest absolute Gasteiger partial charge is 0.328 e. The van der Waals surface area contributed by atoms with Crippen molar-refractivity contribution < 1.29 is 19.8 Å². The van der Waals surface area contributed by atoms with E-state index in [0.29, 0.717) is 11.3 Å². The minimum absolute atomic E-state index is 0.189. The number of rotatable bonds is 3. The molecule has 0 spiro atoms. The third-order valence-corrected chi connectivity index (χ3v) is 1.68. The van der Waals surface area contributed by atoms with Crippen molar-refractivity contribution in [2.45, 2.75) is 13.8 Å². The van der Waals surface area contributed by atoms with Crippen LogP contribution >= 0.6 is 0 Å². The molecule has 0 bridgehead atoms. The number of hydrogen-bond acceptors (Lipinski definition) is 3. The quantitative estimate of drug-likeness (QED) is 0.714. The fourth-order valence-corrected chi connectivity index (χ4v) is 1.11. The van der Waals surface area contributed by atoms with E-state index in [9.17, 15) is 9.59 Å². The third kappa shape index (κ3) is 7.19. The van der Waals surface area contributed by atoms with E-state index in [1.54, 1.807) is 31.2 Å². The van der Waals surface area contributed by atoms with Crippen LogP contribution in [-0.2, 0) is 9.59 Å². The Labute approximate surface area is 106 Å². The fourth-order valence-electron chi connectivity index (χ4n) is 1.11. The van der Waals surface area contributed by atoms with Crippen LogP contribution in [0.4, 0.5) is 5.69 Å². The molecule has 0 atom stereocenters. The van der Waals surface area contributed by atoms with Crippen LogP contribution < -0.4 is 5.32 Å². The summed E-state index contributed by atoms with van der Waals surface area (Å²) in [5.41, 5.74) is 1.26. The molecule has 1 aromatic carbocycles. The van der Waals surface area contributed by atoms with Crippen LogP contribution in [0.25, 0.3) is 6.08 Å². The van der Waals surface area contributed by atoms with Crippen LogP contribution in [0.1, 0.15) is 19.4 Å². The number of amides is 1. The second kappa shape index (κ2) is 8.95. The highest BCUT2D eigenvalue weighted by Gasteiger charge is 2.00. The maximum Gasteiger partial charge on any atom is 0.328 e. The highest BCUT2D eigenvalue weighted by atomic mass is 16.4. The lowest BCUT2D eigenvalue weighted by Gasteiger charge is -2.05. The summed E-state index contributed by atoms with van der Waals surface area (Å²) >= 11 is 0. The molecule has 0 fully saturated rings. The number of carboxylic acid groups (broad SMARTS) is 1. The first-order chi connectivity index (χ1) is 8.51. The van der Waals surface area contributed by atoms with Crippen molar-refractivity contribution in [3.05, 3.63) is 35.9 Å². The maximum atomic E-state index is 10.9. The van der Waals surface area contributed by atoms with Gasteiger partial charge < -0.3 is 15.5 Å². The number of aliphatic carboxylic acids is 1. The van der Waals surface area contributed by atoms with Gasteiger partial charge in [0.05, 0.1) is 0 Å². The number of carboxylic acids is 1. The predicted molar refractivity (Wildman–Crippen MR) is 70.2 cm³/mol. The molecule has 0 aromatic heterocycles. The predicted octanol–water partition coefficient (Wildman–Crippen LogP) is 1.74. The fraction of sp³-hybridized carbons (Fsp3) is 0.231. The minimum atomic E-state index is -1.02. The van der Waals surface area contributed by atoms with Gasteiger partial charge in [0, 0.05) is 25.3 Å². The highest BCUT2D eigenvalue weighted by molar-refractivity contribution is 5.93. The van der Waals surface area contributed by atoms with Crippen molar-refractivity contribution in [1.82, 2.24) is 0 Å². The second-order valence-corrected chi connectivity index (χ2v) is 3.26. The average molecular weight is 251 g/mol. The molecule has 1 rings (SSSR count). The van der Waals surface area contributed by atoms with Crippen LogP contribution in [0.15, 0.2) is 30.3 Å². The van der Waals surface area contributed by atoms with Gasteiger partial charge in [-0.05, 0) is 24.6 Å². The number of carbonyl (C=O) groups excluding carboxylic acids is 1. The number of carbonyl (C=O) groups is 2. The van der Waals surface area contributed by atoms with Gasteiger partial charge in [-0.2, -0.15) is 0 Å². The molecule has 0 unspecified atom stereocenters. The maximum absolute atomic E-state index is 10.9. The van der Waals surface area contributed by atoms with E-state index in [4.69, 9.17) is 10.2 Å². The molecule has 0 saturated heterocycles. The van der Waals surface area contributed by atoms with E-state index < -0.39 is 5.97 Å². The summed E-state index contributed by atoms with van der Waals surface area (Å²) in [6.07, 6.45) is 2.47. The van der Waals surface area contributed by atoms with E-state index in [1.807, 2.05) is 0 Å².